The lowest BCUT2D eigenvalue weighted by molar-refractivity contribution is 0.179. The van der Waals surface area contributed by atoms with Crippen LogP contribution >= 0.6 is 23.2 Å². The summed E-state index contributed by atoms with van der Waals surface area (Å²) in [7, 11) is 0. The lowest BCUT2D eigenvalue weighted by Crippen LogP contribution is -2.13. The number of aliphatic imine (C=N–C) groups is 1. The number of aliphatic hydroxyl groups excluding tert-OH is 2. The first kappa shape index (κ1) is 20.1. The maximum absolute atomic E-state index is 9.99. The van der Waals surface area contributed by atoms with Gasteiger partial charge < -0.3 is 10.2 Å². The van der Waals surface area contributed by atoms with E-state index >= 15 is 0 Å². The molecule has 0 aromatic rings. The molecule has 3 nitrogen and oxygen atoms in total. The molecule has 0 bridgehead atoms. The van der Waals surface area contributed by atoms with Crippen molar-refractivity contribution in [2.75, 3.05) is 0 Å². The molecule has 0 spiro atoms. The third-order valence-electron chi connectivity index (χ3n) is 3.00. The molecule has 0 heterocycles. The van der Waals surface area contributed by atoms with Gasteiger partial charge in [0.1, 0.15) is 0 Å². The molecule has 0 saturated heterocycles. The Bertz CT molecular complexity index is 438. The zero-order valence-corrected chi connectivity index (χ0v) is 13.9. The smallest absolute Gasteiger partial charge is 0.196 e. The summed E-state index contributed by atoms with van der Waals surface area (Å²) in [5.41, 5.74) is 2.23. The number of halogens is 2. The standard InChI is InChI=1S/C16H23Cl2NO2/c1-11(2)14(20)8-6-13(4)15(21)7-5-12(3)9-10-19-16(17)18/h9-10,14-15,20-21H,1,3-8H2,2H3/b10-9+/t14-,15+/m1/s1. The molecular weight excluding hydrogens is 309 g/mol. The first-order valence-electron chi connectivity index (χ1n) is 6.66. The van der Waals surface area contributed by atoms with E-state index in [4.69, 9.17) is 23.2 Å². The molecule has 0 aromatic heterocycles. The summed E-state index contributed by atoms with van der Waals surface area (Å²) in [5, 5.41) is 19.6. The topological polar surface area (TPSA) is 52.8 Å². The van der Waals surface area contributed by atoms with Crippen molar-refractivity contribution < 1.29 is 10.2 Å². The number of rotatable bonds is 10. The number of allylic oxidation sites excluding steroid dienone is 2. The van der Waals surface area contributed by atoms with Crippen molar-refractivity contribution in [3.63, 3.8) is 0 Å². The van der Waals surface area contributed by atoms with Gasteiger partial charge in [-0.2, -0.15) is 0 Å². The summed E-state index contributed by atoms with van der Waals surface area (Å²) in [5.74, 6) is 0. The van der Waals surface area contributed by atoms with Gasteiger partial charge in [-0.15, -0.1) is 0 Å². The first-order chi connectivity index (χ1) is 9.73. The predicted octanol–water partition coefficient (Wildman–Crippen LogP) is 4.30. The van der Waals surface area contributed by atoms with Crippen LogP contribution in [0.5, 0.6) is 0 Å². The lowest BCUT2D eigenvalue weighted by Gasteiger charge is -2.16. The van der Waals surface area contributed by atoms with Crippen LogP contribution in [0.2, 0.25) is 0 Å². The Hall–Kier alpha value is -0.870. The van der Waals surface area contributed by atoms with Crippen LogP contribution in [0.3, 0.4) is 0 Å². The Morgan fingerprint density at radius 3 is 2.19 bits per heavy atom. The largest absolute Gasteiger partial charge is 0.389 e. The Labute approximate surface area is 137 Å². The molecular formula is C16H23Cl2NO2. The molecule has 0 unspecified atom stereocenters. The van der Waals surface area contributed by atoms with E-state index in [9.17, 15) is 10.2 Å². The molecule has 21 heavy (non-hydrogen) atoms. The maximum atomic E-state index is 9.99. The Morgan fingerprint density at radius 2 is 1.67 bits per heavy atom. The van der Waals surface area contributed by atoms with Gasteiger partial charge in [0.15, 0.2) is 4.63 Å². The fraction of sp³-hybridized carbons (Fsp3) is 0.438. The van der Waals surface area contributed by atoms with Crippen LogP contribution in [0.1, 0.15) is 32.6 Å². The first-order valence-corrected chi connectivity index (χ1v) is 7.42. The highest BCUT2D eigenvalue weighted by molar-refractivity contribution is 6.95. The lowest BCUT2D eigenvalue weighted by atomic mass is 9.97. The molecule has 0 saturated carbocycles. The molecule has 118 valence electrons. The van der Waals surface area contributed by atoms with Crippen LogP contribution in [-0.2, 0) is 0 Å². The molecule has 2 N–H and O–H groups in total. The van der Waals surface area contributed by atoms with E-state index in [0.29, 0.717) is 36.8 Å². The second-order valence-electron chi connectivity index (χ2n) is 4.96. The van der Waals surface area contributed by atoms with Crippen LogP contribution < -0.4 is 0 Å². The highest BCUT2D eigenvalue weighted by Gasteiger charge is 2.11. The fourth-order valence-electron chi connectivity index (χ4n) is 1.54. The zero-order chi connectivity index (χ0) is 16.4. The number of hydrogen-bond acceptors (Lipinski definition) is 3. The van der Waals surface area contributed by atoms with Crippen molar-refractivity contribution in [3.8, 4) is 0 Å². The third-order valence-corrected chi connectivity index (χ3v) is 3.20. The predicted molar refractivity (Wildman–Crippen MR) is 91.9 cm³/mol. The summed E-state index contributed by atoms with van der Waals surface area (Å²) in [6.07, 6.45) is 4.18. The Balaban J connectivity index is 4.08. The molecule has 2 atom stereocenters. The minimum atomic E-state index is -0.618. The molecule has 0 amide bonds. The summed E-state index contributed by atoms with van der Waals surface area (Å²) >= 11 is 10.7. The molecule has 0 rings (SSSR count). The van der Waals surface area contributed by atoms with Crippen LogP contribution in [0.4, 0.5) is 0 Å². The van der Waals surface area contributed by atoms with Crippen molar-refractivity contribution in [2.45, 2.75) is 44.8 Å². The van der Waals surface area contributed by atoms with Crippen LogP contribution in [0.25, 0.3) is 0 Å². The van der Waals surface area contributed by atoms with E-state index in [1.165, 1.54) is 6.20 Å². The van der Waals surface area contributed by atoms with Gasteiger partial charge in [-0.3, -0.25) is 0 Å². The van der Waals surface area contributed by atoms with Gasteiger partial charge in [0, 0.05) is 6.20 Å². The van der Waals surface area contributed by atoms with Crippen molar-refractivity contribution in [1.82, 2.24) is 0 Å². The number of aliphatic hydroxyl groups is 2. The monoisotopic (exact) mass is 331 g/mol. The van der Waals surface area contributed by atoms with E-state index in [2.05, 4.69) is 24.7 Å². The van der Waals surface area contributed by atoms with E-state index in [1.807, 2.05) is 0 Å². The molecule has 0 fully saturated rings. The van der Waals surface area contributed by atoms with E-state index in [0.717, 1.165) is 5.57 Å². The maximum Gasteiger partial charge on any atom is 0.196 e. The molecule has 0 aliphatic carbocycles. The number of nitrogens with zero attached hydrogens (tertiary/aromatic N) is 1. The van der Waals surface area contributed by atoms with Gasteiger partial charge in [-0.05, 0) is 67.5 Å². The highest BCUT2D eigenvalue weighted by atomic mass is 35.5. The minimum Gasteiger partial charge on any atom is -0.389 e. The van der Waals surface area contributed by atoms with Crippen LogP contribution in [-0.4, -0.2) is 27.1 Å². The van der Waals surface area contributed by atoms with Crippen LogP contribution in [0, 0.1) is 0 Å². The molecule has 0 aromatic carbocycles. The van der Waals surface area contributed by atoms with E-state index < -0.39 is 12.2 Å². The van der Waals surface area contributed by atoms with Crippen molar-refractivity contribution in [2.24, 2.45) is 4.99 Å². The van der Waals surface area contributed by atoms with Gasteiger partial charge in [-0.1, -0.05) is 30.9 Å². The van der Waals surface area contributed by atoms with Gasteiger partial charge >= 0.3 is 0 Å². The van der Waals surface area contributed by atoms with Crippen molar-refractivity contribution in [3.05, 3.63) is 48.7 Å². The van der Waals surface area contributed by atoms with Gasteiger partial charge in [0.05, 0.1) is 12.2 Å². The van der Waals surface area contributed by atoms with Gasteiger partial charge in [-0.25, -0.2) is 4.99 Å². The summed E-state index contributed by atoms with van der Waals surface area (Å²) in [6.45, 7) is 13.2. The fourth-order valence-corrected chi connectivity index (χ4v) is 1.66. The number of hydrogen-bond donors (Lipinski definition) is 2. The summed E-state index contributed by atoms with van der Waals surface area (Å²) in [4.78, 5) is 3.68. The second-order valence-corrected chi connectivity index (χ2v) is 5.87. The van der Waals surface area contributed by atoms with Gasteiger partial charge in [0.25, 0.3) is 0 Å². The summed E-state index contributed by atoms with van der Waals surface area (Å²) in [6, 6.07) is 0. The minimum absolute atomic E-state index is 0.0662. The third kappa shape index (κ3) is 10.5. The highest BCUT2D eigenvalue weighted by Crippen LogP contribution is 2.18. The van der Waals surface area contributed by atoms with E-state index in [1.54, 1.807) is 13.0 Å². The second kappa shape index (κ2) is 10.8. The van der Waals surface area contributed by atoms with E-state index in [-0.39, 0.29) is 4.63 Å². The van der Waals surface area contributed by atoms with Crippen molar-refractivity contribution >= 4 is 27.8 Å². The Morgan fingerprint density at radius 1 is 1.10 bits per heavy atom. The molecule has 5 heteroatoms. The Kier molecular flexibility index (Phi) is 10.4. The molecule has 0 radical (unpaired) electrons. The molecule has 0 aliphatic rings. The average Bonchev–Trinajstić information content (AvgIpc) is 2.40. The SMILES string of the molecule is C=C(/C=C/N=C(Cl)Cl)CC[C@H](O)C(=C)CC[C@@H](O)C(=C)C. The molecule has 0 aliphatic heterocycles. The summed E-state index contributed by atoms with van der Waals surface area (Å²) < 4.78 is -0.0662. The van der Waals surface area contributed by atoms with Gasteiger partial charge in [0.2, 0.25) is 0 Å². The quantitative estimate of drug-likeness (QED) is 0.356. The zero-order valence-electron chi connectivity index (χ0n) is 12.4. The normalized spacial score (nSPS) is 13.8. The van der Waals surface area contributed by atoms with Crippen LogP contribution in [0.15, 0.2) is 53.7 Å². The average molecular weight is 332 g/mol. The van der Waals surface area contributed by atoms with Crippen molar-refractivity contribution in [1.29, 1.82) is 0 Å².